The fourth-order valence-corrected chi connectivity index (χ4v) is 3.99. The van der Waals surface area contributed by atoms with Gasteiger partial charge in [-0.1, -0.05) is 26.2 Å². The van der Waals surface area contributed by atoms with E-state index in [1.165, 1.54) is 77.8 Å². The van der Waals surface area contributed by atoms with Crippen molar-refractivity contribution in [3.8, 4) is 0 Å². The van der Waals surface area contributed by atoms with Gasteiger partial charge in [0.2, 0.25) is 0 Å². The maximum absolute atomic E-state index is 3.87. The van der Waals surface area contributed by atoms with Gasteiger partial charge in [-0.05, 0) is 45.6 Å². The van der Waals surface area contributed by atoms with E-state index in [0.717, 1.165) is 12.0 Å². The van der Waals surface area contributed by atoms with Gasteiger partial charge in [-0.15, -0.1) is 0 Å². The number of nitrogens with zero attached hydrogens (tertiary/aromatic N) is 2. The number of hydrogen-bond donors (Lipinski definition) is 1. The Morgan fingerprint density at radius 3 is 2.24 bits per heavy atom. The molecule has 0 aromatic heterocycles. The minimum atomic E-state index is 0.708. The first-order valence-electron chi connectivity index (χ1n) is 9.40. The first kappa shape index (κ1) is 17.2. The molecule has 0 aromatic rings. The summed E-state index contributed by atoms with van der Waals surface area (Å²) in [5, 5.41) is 3.87. The Kier molecular flexibility index (Phi) is 7.48. The lowest BCUT2D eigenvalue weighted by molar-refractivity contribution is 0.0903. The van der Waals surface area contributed by atoms with Gasteiger partial charge in [-0.3, -0.25) is 9.80 Å². The topological polar surface area (TPSA) is 18.5 Å². The van der Waals surface area contributed by atoms with Crippen LogP contribution in [0.3, 0.4) is 0 Å². The highest BCUT2D eigenvalue weighted by molar-refractivity contribution is 4.84. The van der Waals surface area contributed by atoms with Gasteiger partial charge in [0.1, 0.15) is 0 Å². The number of piperazine rings is 1. The first-order chi connectivity index (χ1) is 10.2. The smallest absolute Gasteiger partial charge is 0.0223 e. The number of rotatable bonds is 7. The van der Waals surface area contributed by atoms with Crippen molar-refractivity contribution in [2.24, 2.45) is 5.92 Å². The monoisotopic (exact) mass is 295 g/mol. The predicted octanol–water partition coefficient (Wildman–Crippen LogP) is 2.96. The Hall–Kier alpha value is -0.120. The first-order valence-corrected chi connectivity index (χ1v) is 9.40. The molecule has 0 bridgehead atoms. The second-order valence-electron chi connectivity index (χ2n) is 7.39. The summed E-state index contributed by atoms with van der Waals surface area (Å²) < 4.78 is 0. The van der Waals surface area contributed by atoms with Crippen molar-refractivity contribution in [3.63, 3.8) is 0 Å². The summed E-state index contributed by atoms with van der Waals surface area (Å²) in [5.41, 5.74) is 0. The fourth-order valence-electron chi connectivity index (χ4n) is 3.99. The van der Waals surface area contributed by atoms with Gasteiger partial charge in [0.05, 0.1) is 0 Å². The molecular formula is C18H37N3. The van der Waals surface area contributed by atoms with Crippen molar-refractivity contribution in [1.82, 2.24) is 15.1 Å². The summed E-state index contributed by atoms with van der Waals surface area (Å²) in [7, 11) is 0. The molecule has 1 saturated heterocycles. The quantitative estimate of drug-likeness (QED) is 0.779. The Morgan fingerprint density at radius 2 is 1.67 bits per heavy atom. The fraction of sp³-hybridized carbons (Fsp3) is 1.00. The van der Waals surface area contributed by atoms with Crippen molar-refractivity contribution in [1.29, 1.82) is 0 Å². The number of nitrogens with one attached hydrogen (secondary N) is 1. The van der Waals surface area contributed by atoms with Crippen LogP contribution in [0.25, 0.3) is 0 Å². The average Bonchev–Trinajstić information content (AvgIpc) is 2.52. The SMILES string of the molecule is CCCNC(CN1CCN(C(C)C)CC1)C1CCCCC1. The molecule has 3 heteroatoms. The summed E-state index contributed by atoms with van der Waals surface area (Å²) >= 11 is 0. The van der Waals surface area contributed by atoms with E-state index in [1.807, 2.05) is 0 Å². The Bertz CT molecular complexity index is 266. The molecule has 0 aromatic carbocycles. The second kappa shape index (κ2) is 9.12. The maximum Gasteiger partial charge on any atom is 0.0223 e. The van der Waals surface area contributed by atoms with E-state index in [9.17, 15) is 0 Å². The van der Waals surface area contributed by atoms with Crippen LogP contribution in [0.2, 0.25) is 0 Å². The predicted molar refractivity (Wildman–Crippen MR) is 91.8 cm³/mol. The van der Waals surface area contributed by atoms with Gasteiger partial charge < -0.3 is 5.32 Å². The molecule has 1 heterocycles. The molecule has 0 radical (unpaired) electrons. The minimum absolute atomic E-state index is 0.708. The molecule has 2 aliphatic rings. The molecule has 3 nitrogen and oxygen atoms in total. The van der Waals surface area contributed by atoms with Gasteiger partial charge in [-0.2, -0.15) is 0 Å². The normalized spacial score (nSPS) is 24.6. The van der Waals surface area contributed by atoms with Crippen LogP contribution in [-0.2, 0) is 0 Å². The van der Waals surface area contributed by atoms with Crippen molar-refractivity contribution < 1.29 is 0 Å². The van der Waals surface area contributed by atoms with Crippen LogP contribution >= 0.6 is 0 Å². The highest BCUT2D eigenvalue weighted by Gasteiger charge is 2.27. The van der Waals surface area contributed by atoms with Crippen molar-refractivity contribution in [3.05, 3.63) is 0 Å². The summed E-state index contributed by atoms with van der Waals surface area (Å²) in [4.78, 5) is 5.33. The Labute approximate surface area is 132 Å². The van der Waals surface area contributed by atoms with E-state index in [4.69, 9.17) is 0 Å². The Balaban J connectivity index is 1.80. The molecule has 21 heavy (non-hydrogen) atoms. The summed E-state index contributed by atoms with van der Waals surface area (Å²) in [6.45, 7) is 14.4. The third-order valence-electron chi connectivity index (χ3n) is 5.47. The van der Waals surface area contributed by atoms with Gasteiger partial charge in [0, 0.05) is 44.8 Å². The molecular weight excluding hydrogens is 258 g/mol. The standard InChI is InChI=1S/C18H37N3/c1-4-10-19-18(17-8-6-5-7-9-17)15-20-11-13-21(14-12-20)16(2)3/h16-19H,4-15H2,1-3H3. The highest BCUT2D eigenvalue weighted by Crippen LogP contribution is 2.27. The zero-order chi connectivity index (χ0) is 15.1. The molecule has 1 unspecified atom stereocenters. The maximum atomic E-state index is 3.87. The van der Waals surface area contributed by atoms with Crippen LogP contribution in [0.1, 0.15) is 59.3 Å². The van der Waals surface area contributed by atoms with E-state index in [2.05, 4.69) is 35.9 Å². The van der Waals surface area contributed by atoms with Crippen LogP contribution in [0, 0.1) is 5.92 Å². The highest BCUT2D eigenvalue weighted by atomic mass is 15.3. The Morgan fingerprint density at radius 1 is 1.00 bits per heavy atom. The van der Waals surface area contributed by atoms with Crippen molar-refractivity contribution in [2.45, 2.75) is 71.4 Å². The van der Waals surface area contributed by atoms with Crippen molar-refractivity contribution >= 4 is 0 Å². The zero-order valence-corrected chi connectivity index (χ0v) is 14.6. The summed E-state index contributed by atoms with van der Waals surface area (Å²) in [5.74, 6) is 0.924. The number of hydrogen-bond acceptors (Lipinski definition) is 3. The zero-order valence-electron chi connectivity index (χ0n) is 14.6. The van der Waals surface area contributed by atoms with E-state index >= 15 is 0 Å². The third-order valence-corrected chi connectivity index (χ3v) is 5.47. The molecule has 2 rings (SSSR count). The van der Waals surface area contributed by atoms with Crippen LogP contribution in [0.15, 0.2) is 0 Å². The summed E-state index contributed by atoms with van der Waals surface area (Å²) in [6, 6.07) is 1.44. The van der Waals surface area contributed by atoms with Crippen molar-refractivity contribution in [2.75, 3.05) is 39.3 Å². The summed E-state index contributed by atoms with van der Waals surface area (Å²) in [6.07, 6.45) is 8.53. The van der Waals surface area contributed by atoms with Crippen LogP contribution in [-0.4, -0.2) is 61.2 Å². The lowest BCUT2D eigenvalue weighted by Crippen LogP contribution is -2.53. The third kappa shape index (κ3) is 5.54. The molecule has 1 aliphatic heterocycles. The molecule has 1 saturated carbocycles. The minimum Gasteiger partial charge on any atom is -0.312 e. The molecule has 1 aliphatic carbocycles. The van der Waals surface area contributed by atoms with E-state index in [0.29, 0.717) is 6.04 Å². The molecule has 0 spiro atoms. The molecule has 124 valence electrons. The van der Waals surface area contributed by atoms with Gasteiger partial charge in [0.25, 0.3) is 0 Å². The lowest BCUT2D eigenvalue weighted by Gasteiger charge is -2.40. The van der Waals surface area contributed by atoms with Crippen LogP contribution < -0.4 is 5.32 Å². The van der Waals surface area contributed by atoms with E-state index in [1.54, 1.807) is 0 Å². The molecule has 2 fully saturated rings. The van der Waals surface area contributed by atoms with E-state index < -0.39 is 0 Å². The van der Waals surface area contributed by atoms with Gasteiger partial charge in [-0.25, -0.2) is 0 Å². The van der Waals surface area contributed by atoms with Gasteiger partial charge in [0.15, 0.2) is 0 Å². The molecule has 0 amide bonds. The van der Waals surface area contributed by atoms with Gasteiger partial charge >= 0.3 is 0 Å². The average molecular weight is 296 g/mol. The van der Waals surface area contributed by atoms with Crippen LogP contribution in [0.4, 0.5) is 0 Å². The van der Waals surface area contributed by atoms with E-state index in [-0.39, 0.29) is 0 Å². The lowest BCUT2D eigenvalue weighted by atomic mass is 9.83. The second-order valence-corrected chi connectivity index (χ2v) is 7.39. The molecule has 1 atom stereocenters. The largest absolute Gasteiger partial charge is 0.312 e. The van der Waals surface area contributed by atoms with Crippen LogP contribution in [0.5, 0.6) is 0 Å². The molecule has 1 N–H and O–H groups in total.